The second-order valence-corrected chi connectivity index (χ2v) is 5.01. The molecule has 0 aromatic carbocycles. The van der Waals surface area contributed by atoms with Crippen LogP contribution in [0.5, 0.6) is 0 Å². The minimum atomic E-state index is -0.329. The van der Waals surface area contributed by atoms with Gasteiger partial charge in [-0.1, -0.05) is 6.92 Å². The molecule has 0 saturated carbocycles. The molecule has 0 aromatic rings. The zero-order valence-corrected chi connectivity index (χ0v) is 10.3. The topological polar surface area (TPSA) is 49.6 Å². The maximum atomic E-state index is 11.9. The van der Waals surface area contributed by atoms with Crippen LogP contribution >= 0.6 is 0 Å². The number of nitrogens with two attached hydrogens (primary N) is 1. The van der Waals surface area contributed by atoms with E-state index in [-0.39, 0.29) is 17.5 Å². The van der Waals surface area contributed by atoms with E-state index in [4.69, 9.17) is 5.73 Å². The Bertz CT molecular complexity index is 240. The lowest BCUT2D eigenvalue weighted by Crippen LogP contribution is -2.61. The molecule has 1 atom stereocenters. The average molecular weight is 213 g/mol. The summed E-state index contributed by atoms with van der Waals surface area (Å²) in [5.41, 5.74) is 5.82. The van der Waals surface area contributed by atoms with E-state index in [1.54, 1.807) is 0 Å². The Hall–Kier alpha value is -0.610. The summed E-state index contributed by atoms with van der Waals surface area (Å²) >= 11 is 0. The molecule has 0 aromatic heterocycles. The normalized spacial score (nSPS) is 23.9. The summed E-state index contributed by atoms with van der Waals surface area (Å²) in [6.45, 7) is 8.76. The van der Waals surface area contributed by atoms with Crippen LogP contribution in [0.25, 0.3) is 0 Å². The molecule has 0 aliphatic carbocycles. The Morgan fingerprint density at radius 2 is 2.07 bits per heavy atom. The van der Waals surface area contributed by atoms with Gasteiger partial charge in [-0.3, -0.25) is 9.69 Å². The molecule has 0 bridgehead atoms. The van der Waals surface area contributed by atoms with E-state index in [0.717, 1.165) is 19.6 Å². The third-order valence-corrected chi connectivity index (χ3v) is 3.39. The lowest BCUT2D eigenvalue weighted by atomic mass is 9.99. The molecule has 2 N–H and O–H groups in total. The van der Waals surface area contributed by atoms with Crippen LogP contribution in [0, 0.1) is 0 Å². The molecule has 1 aliphatic heterocycles. The predicted molar refractivity (Wildman–Crippen MR) is 61.6 cm³/mol. The molecule has 15 heavy (non-hydrogen) atoms. The summed E-state index contributed by atoms with van der Waals surface area (Å²) < 4.78 is 0. The van der Waals surface area contributed by atoms with Crippen LogP contribution in [0.4, 0.5) is 0 Å². The molecule has 1 rings (SSSR count). The van der Waals surface area contributed by atoms with Crippen molar-refractivity contribution in [2.45, 2.75) is 38.8 Å². The number of rotatable bonds is 2. The largest absolute Gasteiger partial charge is 0.338 e. The fraction of sp³-hybridized carbons (Fsp3) is 0.909. The number of piperazine rings is 1. The van der Waals surface area contributed by atoms with Gasteiger partial charge in [-0.2, -0.15) is 0 Å². The van der Waals surface area contributed by atoms with Crippen molar-refractivity contribution in [2.24, 2.45) is 5.73 Å². The summed E-state index contributed by atoms with van der Waals surface area (Å²) in [6, 6.07) is -0.329. The highest BCUT2D eigenvalue weighted by Crippen LogP contribution is 2.19. The Morgan fingerprint density at radius 3 is 2.53 bits per heavy atom. The van der Waals surface area contributed by atoms with Crippen molar-refractivity contribution in [3.05, 3.63) is 0 Å². The third-order valence-electron chi connectivity index (χ3n) is 3.39. The van der Waals surface area contributed by atoms with Crippen molar-refractivity contribution < 1.29 is 4.79 Å². The molecule has 0 spiro atoms. The molecule has 1 heterocycles. The summed E-state index contributed by atoms with van der Waals surface area (Å²) in [7, 11) is 2.10. The van der Waals surface area contributed by atoms with Gasteiger partial charge in [-0.25, -0.2) is 0 Å². The zero-order chi connectivity index (χ0) is 11.6. The van der Waals surface area contributed by atoms with Crippen molar-refractivity contribution in [3.8, 4) is 0 Å². The Morgan fingerprint density at radius 1 is 1.47 bits per heavy atom. The number of carbonyl (C=O) groups is 1. The molecule has 1 amide bonds. The minimum Gasteiger partial charge on any atom is -0.338 e. The maximum Gasteiger partial charge on any atom is 0.239 e. The maximum absolute atomic E-state index is 11.9. The smallest absolute Gasteiger partial charge is 0.239 e. The standard InChI is InChI=1S/C11H23N3O/c1-5-9(12)10(15)14-7-6-13(4)11(2,3)8-14/h9H,5-8,12H2,1-4H3/t9-/m1/s1. The first-order valence-electron chi connectivity index (χ1n) is 5.64. The number of nitrogens with zero attached hydrogens (tertiary/aromatic N) is 2. The van der Waals surface area contributed by atoms with Crippen molar-refractivity contribution in [1.29, 1.82) is 0 Å². The van der Waals surface area contributed by atoms with E-state index in [1.165, 1.54) is 0 Å². The van der Waals surface area contributed by atoms with Crippen molar-refractivity contribution in [2.75, 3.05) is 26.7 Å². The van der Waals surface area contributed by atoms with Gasteiger partial charge in [0.1, 0.15) is 0 Å². The van der Waals surface area contributed by atoms with Crippen LogP contribution in [0.3, 0.4) is 0 Å². The predicted octanol–water partition coefficient (Wildman–Crippen LogP) is 0.276. The molecule has 0 unspecified atom stereocenters. The summed E-state index contributed by atoms with van der Waals surface area (Å²) in [4.78, 5) is 16.1. The molecule has 0 radical (unpaired) electrons. The van der Waals surface area contributed by atoms with Gasteiger partial charge in [0.2, 0.25) is 5.91 Å². The molecule has 4 heteroatoms. The van der Waals surface area contributed by atoms with Crippen molar-refractivity contribution in [1.82, 2.24) is 9.80 Å². The van der Waals surface area contributed by atoms with Crippen molar-refractivity contribution >= 4 is 5.91 Å². The lowest BCUT2D eigenvalue weighted by Gasteiger charge is -2.45. The minimum absolute atomic E-state index is 0.0569. The fourth-order valence-electron chi connectivity index (χ4n) is 1.84. The second kappa shape index (κ2) is 4.49. The highest BCUT2D eigenvalue weighted by atomic mass is 16.2. The number of hydrogen-bond acceptors (Lipinski definition) is 3. The molecule has 1 saturated heterocycles. The van der Waals surface area contributed by atoms with Gasteiger partial charge in [0, 0.05) is 25.2 Å². The van der Waals surface area contributed by atoms with Gasteiger partial charge in [-0.15, -0.1) is 0 Å². The highest BCUT2D eigenvalue weighted by molar-refractivity contribution is 5.81. The van der Waals surface area contributed by atoms with E-state index in [2.05, 4.69) is 25.8 Å². The van der Waals surface area contributed by atoms with Gasteiger partial charge in [-0.05, 0) is 27.3 Å². The molecule has 1 fully saturated rings. The Balaban J connectivity index is 2.63. The van der Waals surface area contributed by atoms with Crippen LogP contribution in [0.1, 0.15) is 27.2 Å². The van der Waals surface area contributed by atoms with Gasteiger partial charge < -0.3 is 10.6 Å². The fourth-order valence-corrected chi connectivity index (χ4v) is 1.84. The lowest BCUT2D eigenvalue weighted by molar-refractivity contribution is -0.137. The number of carbonyl (C=O) groups excluding carboxylic acids is 1. The molecule has 1 aliphatic rings. The first-order valence-corrected chi connectivity index (χ1v) is 5.64. The number of likely N-dealkylation sites (N-methyl/N-ethyl adjacent to an activating group) is 1. The molecule has 88 valence electrons. The summed E-state index contributed by atoms with van der Waals surface area (Å²) in [5, 5.41) is 0. The van der Waals surface area contributed by atoms with E-state index in [1.807, 2.05) is 11.8 Å². The third kappa shape index (κ3) is 2.69. The van der Waals surface area contributed by atoms with E-state index in [0.29, 0.717) is 6.42 Å². The summed E-state index contributed by atoms with van der Waals surface area (Å²) in [6.07, 6.45) is 0.714. The Labute approximate surface area is 92.4 Å². The number of hydrogen-bond donors (Lipinski definition) is 1. The molecule has 4 nitrogen and oxygen atoms in total. The molecular weight excluding hydrogens is 190 g/mol. The second-order valence-electron chi connectivity index (χ2n) is 5.01. The number of amides is 1. The van der Waals surface area contributed by atoms with Crippen molar-refractivity contribution in [3.63, 3.8) is 0 Å². The summed E-state index contributed by atoms with van der Waals surface area (Å²) in [5.74, 6) is 0.0960. The van der Waals surface area contributed by atoms with Crippen LogP contribution in [-0.2, 0) is 4.79 Å². The van der Waals surface area contributed by atoms with Gasteiger partial charge in [0.15, 0.2) is 0 Å². The quantitative estimate of drug-likeness (QED) is 0.716. The average Bonchev–Trinajstić information content (AvgIpc) is 2.19. The van der Waals surface area contributed by atoms with E-state index in [9.17, 15) is 4.79 Å². The SMILES string of the molecule is CC[C@@H](N)C(=O)N1CCN(C)C(C)(C)C1. The van der Waals surface area contributed by atoms with E-state index < -0.39 is 0 Å². The molecular formula is C11H23N3O. The first-order chi connectivity index (χ1) is 6.88. The van der Waals surface area contributed by atoms with E-state index >= 15 is 0 Å². The Kier molecular flexibility index (Phi) is 3.73. The zero-order valence-electron chi connectivity index (χ0n) is 10.3. The first kappa shape index (κ1) is 12.5. The van der Waals surface area contributed by atoms with Gasteiger partial charge >= 0.3 is 0 Å². The van der Waals surface area contributed by atoms with Crippen LogP contribution < -0.4 is 5.73 Å². The highest BCUT2D eigenvalue weighted by Gasteiger charge is 2.34. The van der Waals surface area contributed by atoms with Gasteiger partial charge in [0.25, 0.3) is 0 Å². The van der Waals surface area contributed by atoms with Crippen LogP contribution in [0.2, 0.25) is 0 Å². The van der Waals surface area contributed by atoms with Crippen LogP contribution in [0.15, 0.2) is 0 Å². The van der Waals surface area contributed by atoms with Crippen LogP contribution in [-0.4, -0.2) is 54.0 Å². The monoisotopic (exact) mass is 213 g/mol. The van der Waals surface area contributed by atoms with Gasteiger partial charge in [0.05, 0.1) is 6.04 Å².